The zero-order valence-electron chi connectivity index (χ0n) is 16.2. The monoisotopic (exact) mass is 376 g/mol. The maximum atomic E-state index is 13.3. The highest BCUT2D eigenvalue weighted by atomic mass is 16.2. The summed E-state index contributed by atoms with van der Waals surface area (Å²) in [5.41, 5.74) is 0.539. The zero-order chi connectivity index (χ0) is 19.7. The molecule has 3 aromatic rings. The van der Waals surface area contributed by atoms with Gasteiger partial charge in [0.15, 0.2) is 0 Å². The van der Waals surface area contributed by atoms with Gasteiger partial charge < -0.3 is 14.4 Å². The van der Waals surface area contributed by atoms with E-state index in [1.54, 1.807) is 23.0 Å². The van der Waals surface area contributed by atoms with E-state index in [2.05, 4.69) is 9.88 Å². The van der Waals surface area contributed by atoms with Crippen molar-refractivity contribution < 1.29 is 4.79 Å². The maximum Gasteiger partial charge on any atom is 0.258 e. The number of carbonyl (C=O) groups excluding carboxylic acids is 1. The van der Waals surface area contributed by atoms with Gasteiger partial charge >= 0.3 is 0 Å². The average Bonchev–Trinajstić information content (AvgIpc) is 2.74. The molecule has 4 rings (SSSR count). The summed E-state index contributed by atoms with van der Waals surface area (Å²) in [6.07, 6.45) is 3.51. The number of hydrogen-bond acceptors (Lipinski definition) is 4. The van der Waals surface area contributed by atoms with E-state index in [1.807, 2.05) is 55.1 Å². The van der Waals surface area contributed by atoms with Crippen LogP contribution in [0.1, 0.15) is 30.2 Å². The number of anilines is 1. The van der Waals surface area contributed by atoms with Gasteiger partial charge in [0, 0.05) is 55.4 Å². The van der Waals surface area contributed by atoms with Crippen molar-refractivity contribution in [2.24, 2.45) is 0 Å². The molecule has 3 heterocycles. The van der Waals surface area contributed by atoms with Gasteiger partial charge in [-0.15, -0.1) is 0 Å². The fourth-order valence-electron chi connectivity index (χ4n) is 3.71. The normalized spacial score (nSPS) is 14.7. The van der Waals surface area contributed by atoms with Gasteiger partial charge in [0.05, 0.1) is 5.56 Å². The number of aromatic nitrogens is 2. The number of pyridine rings is 2. The minimum atomic E-state index is -0.0536. The first-order valence-corrected chi connectivity index (χ1v) is 9.65. The average molecular weight is 376 g/mol. The highest BCUT2D eigenvalue weighted by Gasteiger charge is 2.25. The lowest BCUT2D eigenvalue weighted by molar-refractivity contribution is 0.0747. The van der Waals surface area contributed by atoms with Crippen molar-refractivity contribution in [2.75, 3.05) is 31.1 Å². The lowest BCUT2D eigenvalue weighted by atomic mass is 10.1. The second kappa shape index (κ2) is 7.46. The Balaban J connectivity index is 1.63. The van der Waals surface area contributed by atoms with Gasteiger partial charge in [-0.3, -0.25) is 9.59 Å². The van der Waals surface area contributed by atoms with Crippen LogP contribution in [0.15, 0.2) is 59.7 Å². The quantitative estimate of drug-likeness (QED) is 0.705. The van der Waals surface area contributed by atoms with Crippen molar-refractivity contribution in [3.8, 4) is 0 Å². The molecule has 1 aliphatic heterocycles. The van der Waals surface area contributed by atoms with E-state index in [9.17, 15) is 9.59 Å². The Kier molecular flexibility index (Phi) is 4.86. The predicted octanol–water partition coefficient (Wildman–Crippen LogP) is 2.94. The van der Waals surface area contributed by atoms with Crippen LogP contribution in [-0.4, -0.2) is 46.5 Å². The van der Waals surface area contributed by atoms with Crippen LogP contribution in [0.4, 0.5) is 5.82 Å². The lowest BCUT2D eigenvalue weighted by Gasteiger charge is -2.35. The van der Waals surface area contributed by atoms with Gasteiger partial charge in [-0.05, 0) is 32.0 Å². The van der Waals surface area contributed by atoms with Gasteiger partial charge in [-0.25, -0.2) is 4.98 Å². The largest absolute Gasteiger partial charge is 0.353 e. The van der Waals surface area contributed by atoms with E-state index in [0.29, 0.717) is 24.0 Å². The third kappa shape index (κ3) is 3.26. The van der Waals surface area contributed by atoms with Crippen LogP contribution in [0.5, 0.6) is 0 Å². The molecule has 0 radical (unpaired) electrons. The van der Waals surface area contributed by atoms with Crippen molar-refractivity contribution in [1.29, 1.82) is 0 Å². The first-order valence-electron chi connectivity index (χ1n) is 9.65. The van der Waals surface area contributed by atoms with Crippen molar-refractivity contribution in [2.45, 2.75) is 19.9 Å². The molecule has 1 aromatic carbocycles. The summed E-state index contributed by atoms with van der Waals surface area (Å²) in [7, 11) is 0. The number of carbonyl (C=O) groups is 1. The molecule has 0 saturated carbocycles. The van der Waals surface area contributed by atoms with Crippen molar-refractivity contribution >= 4 is 22.5 Å². The molecule has 1 saturated heterocycles. The molecular weight excluding hydrogens is 352 g/mol. The Bertz CT molecular complexity index is 1050. The molecule has 6 heteroatoms. The Morgan fingerprint density at radius 2 is 1.64 bits per heavy atom. The molecule has 0 aliphatic carbocycles. The summed E-state index contributed by atoms with van der Waals surface area (Å²) in [5, 5.41) is 1.32. The second-order valence-electron chi connectivity index (χ2n) is 7.36. The first-order chi connectivity index (χ1) is 13.6. The van der Waals surface area contributed by atoms with Crippen LogP contribution in [0.3, 0.4) is 0 Å². The third-order valence-corrected chi connectivity index (χ3v) is 5.28. The zero-order valence-corrected chi connectivity index (χ0v) is 16.2. The summed E-state index contributed by atoms with van der Waals surface area (Å²) in [5.74, 6) is 0.916. The summed E-state index contributed by atoms with van der Waals surface area (Å²) < 4.78 is 1.65. The number of amides is 1. The van der Waals surface area contributed by atoms with Crippen LogP contribution in [0.2, 0.25) is 0 Å². The molecule has 0 unspecified atom stereocenters. The van der Waals surface area contributed by atoms with E-state index < -0.39 is 0 Å². The van der Waals surface area contributed by atoms with E-state index >= 15 is 0 Å². The molecule has 1 amide bonds. The number of piperazine rings is 1. The summed E-state index contributed by atoms with van der Waals surface area (Å²) in [6, 6.07) is 13.2. The topological polar surface area (TPSA) is 58.4 Å². The van der Waals surface area contributed by atoms with Crippen molar-refractivity contribution in [3.05, 3.63) is 70.8 Å². The van der Waals surface area contributed by atoms with E-state index in [-0.39, 0.29) is 17.5 Å². The fourth-order valence-corrected chi connectivity index (χ4v) is 3.71. The van der Waals surface area contributed by atoms with Crippen LogP contribution in [-0.2, 0) is 0 Å². The molecule has 0 atom stereocenters. The van der Waals surface area contributed by atoms with Gasteiger partial charge in [0.25, 0.3) is 11.5 Å². The first kappa shape index (κ1) is 18.2. The lowest BCUT2D eigenvalue weighted by Crippen LogP contribution is -2.49. The van der Waals surface area contributed by atoms with E-state index in [1.165, 1.54) is 0 Å². The highest BCUT2D eigenvalue weighted by Crippen LogP contribution is 2.21. The van der Waals surface area contributed by atoms with Crippen molar-refractivity contribution in [3.63, 3.8) is 0 Å². The summed E-state index contributed by atoms with van der Waals surface area (Å²) in [4.78, 5) is 34.5. The Hall–Kier alpha value is -3.15. The molecule has 1 aliphatic rings. The van der Waals surface area contributed by atoms with Gasteiger partial charge in [-0.1, -0.05) is 24.3 Å². The van der Waals surface area contributed by atoms with Crippen LogP contribution < -0.4 is 10.5 Å². The van der Waals surface area contributed by atoms with Gasteiger partial charge in [0.1, 0.15) is 5.82 Å². The number of nitrogens with zero attached hydrogens (tertiary/aromatic N) is 4. The SMILES string of the molecule is CC(C)n1cc(C(=O)N2CCN(c3ccccn3)CC2)c2ccccc2c1=O. The number of benzene rings is 1. The predicted molar refractivity (Wildman–Crippen MR) is 111 cm³/mol. The van der Waals surface area contributed by atoms with Crippen LogP contribution >= 0.6 is 0 Å². The van der Waals surface area contributed by atoms with E-state index in [0.717, 1.165) is 24.3 Å². The van der Waals surface area contributed by atoms with Gasteiger partial charge in [0.2, 0.25) is 0 Å². The number of fused-ring (bicyclic) bond motifs is 1. The Morgan fingerprint density at radius 1 is 0.964 bits per heavy atom. The smallest absolute Gasteiger partial charge is 0.258 e. The minimum Gasteiger partial charge on any atom is -0.353 e. The molecule has 0 N–H and O–H groups in total. The van der Waals surface area contributed by atoms with Crippen molar-refractivity contribution in [1.82, 2.24) is 14.5 Å². The molecule has 2 aromatic heterocycles. The summed E-state index contributed by atoms with van der Waals surface area (Å²) >= 11 is 0. The molecule has 0 spiro atoms. The standard InChI is InChI=1S/C22H24N4O2/c1-16(2)26-15-19(17-7-3-4-8-18(17)22(26)28)21(27)25-13-11-24(12-14-25)20-9-5-6-10-23-20/h3-10,15-16H,11-14H2,1-2H3. The molecule has 6 nitrogen and oxygen atoms in total. The molecule has 144 valence electrons. The Morgan fingerprint density at radius 3 is 2.29 bits per heavy atom. The molecule has 0 bridgehead atoms. The molecular formula is C22H24N4O2. The Labute approximate surface area is 164 Å². The fraction of sp³-hybridized carbons (Fsp3) is 0.318. The van der Waals surface area contributed by atoms with Crippen LogP contribution in [0.25, 0.3) is 10.8 Å². The van der Waals surface area contributed by atoms with Crippen LogP contribution in [0, 0.1) is 0 Å². The third-order valence-electron chi connectivity index (χ3n) is 5.28. The number of hydrogen-bond donors (Lipinski definition) is 0. The number of rotatable bonds is 3. The molecule has 1 fully saturated rings. The minimum absolute atomic E-state index is 0.00958. The van der Waals surface area contributed by atoms with Gasteiger partial charge in [-0.2, -0.15) is 0 Å². The van der Waals surface area contributed by atoms with E-state index in [4.69, 9.17) is 0 Å². The summed E-state index contributed by atoms with van der Waals surface area (Å²) in [6.45, 7) is 6.65. The maximum absolute atomic E-state index is 13.3. The second-order valence-corrected chi connectivity index (χ2v) is 7.36. The highest BCUT2D eigenvalue weighted by molar-refractivity contribution is 6.06. The molecule has 28 heavy (non-hydrogen) atoms.